The fraction of sp³-hybridized carbons (Fsp3) is 0.500. The highest BCUT2D eigenvalue weighted by atomic mass is 15.0. The summed E-state index contributed by atoms with van der Waals surface area (Å²) in [6, 6.07) is 22.1. The van der Waals surface area contributed by atoms with Crippen LogP contribution < -0.4 is 0 Å². The van der Waals surface area contributed by atoms with Crippen LogP contribution in [-0.2, 0) is 18.9 Å². The van der Waals surface area contributed by atoms with Crippen molar-refractivity contribution in [2.75, 3.05) is 0 Å². The van der Waals surface area contributed by atoms with Gasteiger partial charge in [0.1, 0.15) is 5.82 Å². The van der Waals surface area contributed by atoms with Gasteiger partial charge in [-0.1, -0.05) is 126 Å². The van der Waals surface area contributed by atoms with E-state index < -0.39 is 0 Å². The predicted molar refractivity (Wildman–Crippen MR) is 137 cm³/mol. The molecule has 172 valence electrons. The van der Waals surface area contributed by atoms with Crippen molar-refractivity contribution < 1.29 is 0 Å². The van der Waals surface area contributed by atoms with Crippen molar-refractivity contribution in [3.63, 3.8) is 0 Å². The molecule has 0 aliphatic heterocycles. The number of aryl methyl sites for hydroxylation is 1. The Kier molecular flexibility index (Phi) is 9.59. The third-order valence-electron chi connectivity index (χ3n) is 7.13. The highest BCUT2D eigenvalue weighted by Gasteiger charge is 2.38. The molecule has 0 fully saturated rings. The number of aromatic nitrogens is 2. The predicted octanol–water partition coefficient (Wildman–Crippen LogP) is 8.24. The molecular formula is C30H42N2. The van der Waals surface area contributed by atoms with Crippen molar-refractivity contribution in [1.29, 1.82) is 0 Å². The lowest BCUT2D eigenvalue weighted by molar-refractivity contribution is 0.326. The van der Waals surface area contributed by atoms with Gasteiger partial charge in [-0.15, -0.1) is 0 Å². The van der Waals surface area contributed by atoms with E-state index in [4.69, 9.17) is 4.98 Å². The first-order valence-electron chi connectivity index (χ1n) is 12.7. The van der Waals surface area contributed by atoms with Gasteiger partial charge in [0.05, 0.1) is 0 Å². The Morgan fingerprint density at radius 2 is 1.41 bits per heavy atom. The van der Waals surface area contributed by atoms with Crippen LogP contribution in [0.1, 0.15) is 94.5 Å². The van der Waals surface area contributed by atoms with Crippen LogP contribution in [0.25, 0.3) is 0 Å². The van der Waals surface area contributed by atoms with Crippen LogP contribution in [0.4, 0.5) is 0 Å². The molecule has 1 heterocycles. The number of imidazole rings is 1. The smallest absolute Gasteiger partial charge is 0.112 e. The molecule has 0 bridgehead atoms. The number of unbranched alkanes of at least 4 members (excludes halogenated alkanes) is 7. The first-order valence-corrected chi connectivity index (χ1v) is 12.7. The normalized spacial score (nSPS) is 14.2. The third kappa shape index (κ3) is 6.58. The van der Waals surface area contributed by atoms with Gasteiger partial charge in [-0.3, -0.25) is 0 Å². The number of rotatable bonds is 14. The van der Waals surface area contributed by atoms with Gasteiger partial charge in [0.15, 0.2) is 0 Å². The number of nitrogens with zero attached hydrogens (tertiary/aromatic N) is 2. The third-order valence-corrected chi connectivity index (χ3v) is 7.13. The molecule has 2 unspecified atom stereocenters. The molecular weight excluding hydrogens is 388 g/mol. The molecule has 1 aromatic heterocycles. The molecule has 0 aliphatic rings. The van der Waals surface area contributed by atoms with Crippen LogP contribution in [0.3, 0.4) is 0 Å². The zero-order valence-electron chi connectivity index (χ0n) is 20.5. The second kappa shape index (κ2) is 12.6. The summed E-state index contributed by atoms with van der Waals surface area (Å²) in [5.74, 6) is 1.60. The van der Waals surface area contributed by atoms with Gasteiger partial charge >= 0.3 is 0 Å². The summed E-state index contributed by atoms with van der Waals surface area (Å²) in [4.78, 5) is 4.86. The molecule has 32 heavy (non-hydrogen) atoms. The van der Waals surface area contributed by atoms with E-state index in [2.05, 4.69) is 92.3 Å². The lowest BCUT2D eigenvalue weighted by Gasteiger charge is -2.39. The zero-order chi connectivity index (χ0) is 22.7. The van der Waals surface area contributed by atoms with Gasteiger partial charge in [-0.05, 0) is 24.0 Å². The molecule has 2 heteroatoms. The van der Waals surface area contributed by atoms with E-state index in [0.29, 0.717) is 5.92 Å². The molecule has 0 saturated carbocycles. The van der Waals surface area contributed by atoms with E-state index in [1.807, 2.05) is 6.20 Å². The topological polar surface area (TPSA) is 17.8 Å². The van der Waals surface area contributed by atoms with Crippen molar-refractivity contribution in [1.82, 2.24) is 9.55 Å². The Labute approximate surface area is 196 Å². The Bertz CT molecular complexity index is 883. The molecule has 0 spiro atoms. The van der Waals surface area contributed by atoms with Crippen molar-refractivity contribution in [2.45, 2.75) is 89.4 Å². The summed E-state index contributed by atoms with van der Waals surface area (Å²) in [5.41, 5.74) is 2.80. The van der Waals surface area contributed by atoms with E-state index in [9.17, 15) is 0 Å². The minimum Gasteiger partial charge on any atom is -0.338 e. The first kappa shape index (κ1) is 24.3. The summed E-state index contributed by atoms with van der Waals surface area (Å²) in [7, 11) is 2.15. The van der Waals surface area contributed by atoms with E-state index in [-0.39, 0.29) is 5.41 Å². The molecule has 0 amide bonds. The molecule has 2 atom stereocenters. The molecule has 0 aliphatic carbocycles. The van der Waals surface area contributed by atoms with Crippen molar-refractivity contribution in [3.8, 4) is 0 Å². The summed E-state index contributed by atoms with van der Waals surface area (Å²) >= 11 is 0. The average molecular weight is 431 g/mol. The zero-order valence-corrected chi connectivity index (χ0v) is 20.5. The van der Waals surface area contributed by atoms with Gasteiger partial charge in [0, 0.05) is 30.8 Å². The van der Waals surface area contributed by atoms with Crippen molar-refractivity contribution in [3.05, 3.63) is 90.0 Å². The second-order valence-corrected chi connectivity index (χ2v) is 9.66. The summed E-state index contributed by atoms with van der Waals surface area (Å²) in [6.45, 7) is 4.75. The largest absolute Gasteiger partial charge is 0.338 e. The molecule has 0 N–H and O–H groups in total. The van der Waals surface area contributed by atoms with Gasteiger partial charge in [-0.2, -0.15) is 0 Å². The standard InChI is InChI=1S/C30H42N2/c1-4-5-6-7-8-9-10-17-22-28(29-31-23-24-32(29)3)30(2,27-20-15-12-16-21-27)25-26-18-13-11-14-19-26/h11-16,18-21,23-24,28H,4-10,17,22,25H2,1-3H3. The quantitative estimate of drug-likeness (QED) is 0.235. The minimum absolute atomic E-state index is 0.0111. The maximum absolute atomic E-state index is 4.86. The lowest BCUT2D eigenvalue weighted by Crippen LogP contribution is -2.34. The highest BCUT2D eigenvalue weighted by molar-refractivity contribution is 5.33. The van der Waals surface area contributed by atoms with Crippen LogP contribution in [0.5, 0.6) is 0 Å². The SMILES string of the molecule is CCCCCCCCCCC(c1nccn1C)C(C)(Cc1ccccc1)c1ccccc1. The first-order chi connectivity index (χ1) is 15.6. The highest BCUT2D eigenvalue weighted by Crippen LogP contribution is 2.44. The number of hydrogen-bond acceptors (Lipinski definition) is 1. The molecule has 3 aromatic rings. The van der Waals surface area contributed by atoms with Crippen LogP contribution >= 0.6 is 0 Å². The van der Waals surface area contributed by atoms with Crippen molar-refractivity contribution in [2.24, 2.45) is 7.05 Å². The summed E-state index contributed by atoms with van der Waals surface area (Å²) in [5, 5.41) is 0. The maximum Gasteiger partial charge on any atom is 0.112 e. The molecule has 2 nitrogen and oxygen atoms in total. The van der Waals surface area contributed by atoms with E-state index in [1.165, 1.54) is 74.7 Å². The molecule has 3 rings (SSSR count). The fourth-order valence-corrected chi connectivity index (χ4v) is 5.19. The van der Waals surface area contributed by atoms with Crippen LogP contribution in [-0.4, -0.2) is 9.55 Å². The molecule has 0 saturated heterocycles. The lowest BCUT2D eigenvalue weighted by atomic mass is 9.66. The van der Waals surface area contributed by atoms with Crippen LogP contribution in [0.15, 0.2) is 73.1 Å². The van der Waals surface area contributed by atoms with Crippen LogP contribution in [0.2, 0.25) is 0 Å². The molecule has 0 radical (unpaired) electrons. The maximum atomic E-state index is 4.86. The second-order valence-electron chi connectivity index (χ2n) is 9.66. The number of hydrogen-bond donors (Lipinski definition) is 0. The van der Waals surface area contributed by atoms with Gasteiger partial charge < -0.3 is 4.57 Å². The van der Waals surface area contributed by atoms with Crippen molar-refractivity contribution >= 4 is 0 Å². The minimum atomic E-state index is -0.0111. The summed E-state index contributed by atoms with van der Waals surface area (Å²) in [6.07, 6.45) is 17.1. The molecule has 2 aromatic carbocycles. The van der Waals surface area contributed by atoms with E-state index >= 15 is 0 Å². The monoisotopic (exact) mass is 430 g/mol. The van der Waals surface area contributed by atoms with E-state index in [1.54, 1.807) is 0 Å². The van der Waals surface area contributed by atoms with E-state index in [0.717, 1.165) is 6.42 Å². The average Bonchev–Trinajstić information content (AvgIpc) is 3.24. The number of benzene rings is 2. The Hall–Kier alpha value is -2.35. The summed E-state index contributed by atoms with van der Waals surface area (Å²) < 4.78 is 2.24. The van der Waals surface area contributed by atoms with Gasteiger partial charge in [0.2, 0.25) is 0 Å². The Balaban J connectivity index is 1.80. The van der Waals surface area contributed by atoms with Crippen LogP contribution in [0, 0.1) is 0 Å². The van der Waals surface area contributed by atoms with Gasteiger partial charge in [-0.25, -0.2) is 4.98 Å². The Morgan fingerprint density at radius 3 is 2.00 bits per heavy atom. The fourth-order valence-electron chi connectivity index (χ4n) is 5.19. The van der Waals surface area contributed by atoms with Gasteiger partial charge in [0.25, 0.3) is 0 Å². The Morgan fingerprint density at radius 1 is 0.812 bits per heavy atom.